The van der Waals surface area contributed by atoms with Crippen molar-refractivity contribution in [1.82, 2.24) is 20.4 Å². The molecule has 0 spiro atoms. The van der Waals surface area contributed by atoms with Crippen LogP contribution in [0.5, 0.6) is 0 Å². The van der Waals surface area contributed by atoms with E-state index in [9.17, 15) is 4.79 Å². The summed E-state index contributed by atoms with van der Waals surface area (Å²) in [7, 11) is 0. The first-order chi connectivity index (χ1) is 12.8. The van der Waals surface area contributed by atoms with Gasteiger partial charge in [-0.25, -0.2) is 0 Å². The van der Waals surface area contributed by atoms with Crippen LogP contribution < -0.4 is 5.32 Å². The van der Waals surface area contributed by atoms with Crippen LogP contribution in [0.1, 0.15) is 22.1 Å². The third-order valence-corrected chi connectivity index (χ3v) is 4.74. The normalized spacial score (nSPS) is 16.5. The fraction of sp³-hybridized carbons (Fsp3) is 0.300. The predicted molar refractivity (Wildman–Crippen MR) is 100 cm³/mol. The molecule has 26 heavy (non-hydrogen) atoms. The summed E-state index contributed by atoms with van der Waals surface area (Å²) in [5, 5.41) is 11.2. The number of para-hydroxylation sites is 1. The number of aromatic nitrogens is 2. The Bertz CT molecular complexity index is 872. The summed E-state index contributed by atoms with van der Waals surface area (Å²) in [5.41, 5.74) is 2.39. The van der Waals surface area contributed by atoms with E-state index in [2.05, 4.69) is 20.4 Å². The fourth-order valence-electron chi connectivity index (χ4n) is 3.32. The van der Waals surface area contributed by atoms with E-state index in [0.717, 1.165) is 49.3 Å². The minimum atomic E-state index is -0.162. The van der Waals surface area contributed by atoms with Crippen LogP contribution in [-0.4, -0.2) is 53.9 Å². The molecule has 0 saturated carbocycles. The number of hydrogen-bond acceptors (Lipinski definition) is 4. The Morgan fingerprint density at radius 2 is 1.85 bits per heavy atom. The molecule has 1 fully saturated rings. The van der Waals surface area contributed by atoms with Gasteiger partial charge in [0.05, 0.1) is 24.8 Å². The molecule has 6 heteroatoms. The number of carbonyl (C=O) groups is 1. The van der Waals surface area contributed by atoms with Crippen molar-refractivity contribution in [2.75, 3.05) is 32.8 Å². The summed E-state index contributed by atoms with van der Waals surface area (Å²) in [6, 6.07) is 17.6. The maximum Gasteiger partial charge on any atom is 0.272 e. The number of ether oxygens (including phenoxy) is 1. The Kier molecular flexibility index (Phi) is 4.95. The quantitative estimate of drug-likeness (QED) is 0.741. The molecule has 1 aromatic heterocycles. The first-order valence-corrected chi connectivity index (χ1v) is 8.90. The van der Waals surface area contributed by atoms with Crippen LogP contribution in [0.3, 0.4) is 0 Å². The highest BCUT2D eigenvalue weighted by molar-refractivity contribution is 6.04. The van der Waals surface area contributed by atoms with Crippen molar-refractivity contribution in [2.45, 2.75) is 6.04 Å². The summed E-state index contributed by atoms with van der Waals surface area (Å²) in [6.45, 7) is 3.98. The van der Waals surface area contributed by atoms with E-state index in [4.69, 9.17) is 4.74 Å². The van der Waals surface area contributed by atoms with Crippen molar-refractivity contribution in [3.8, 4) is 0 Å². The van der Waals surface area contributed by atoms with Gasteiger partial charge in [0, 0.05) is 25.0 Å². The van der Waals surface area contributed by atoms with Gasteiger partial charge in [-0.05, 0) is 11.6 Å². The fourth-order valence-corrected chi connectivity index (χ4v) is 3.32. The largest absolute Gasteiger partial charge is 0.379 e. The molecule has 134 valence electrons. The second-order valence-electron chi connectivity index (χ2n) is 6.47. The number of aromatic amines is 1. The molecule has 1 aliphatic heterocycles. The summed E-state index contributed by atoms with van der Waals surface area (Å²) in [5.74, 6) is -0.162. The lowest BCUT2D eigenvalue weighted by Gasteiger charge is -2.31. The first kappa shape index (κ1) is 16.8. The van der Waals surface area contributed by atoms with Gasteiger partial charge in [0.1, 0.15) is 0 Å². The standard InChI is InChI=1S/C20H22N4O2/c25-20(19-16-8-4-5-9-17(16)22-23-19)21-18(15-6-2-1-3-7-15)14-24-10-12-26-13-11-24/h1-9,18H,10-14H2,(H,21,25)(H,22,23). The third-order valence-electron chi connectivity index (χ3n) is 4.74. The van der Waals surface area contributed by atoms with E-state index >= 15 is 0 Å². The highest BCUT2D eigenvalue weighted by Crippen LogP contribution is 2.19. The minimum absolute atomic E-state index is 0.0998. The number of carbonyl (C=O) groups excluding carboxylic acids is 1. The number of rotatable bonds is 5. The average Bonchev–Trinajstić information content (AvgIpc) is 3.13. The molecular weight excluding hydrogens is 328 g/mol. The van der Waals surface area contributed by atoms with Gasteiger partial charge in [0.15, 0.2) is 5.69 Å². The number of H-pyrrole nitrogens is 1. The van der Waals surface area contributed by atoms with E-state index in [1.165, 1.54) is 0 Å². The highest BCUT2D eigenvalue weighted by atomic mass is 16.5. The third kappa shape index (κ3) is 3.61. The van der Waals surface area contributed by atoms with Gasteiger partial charge in [0.25, 0.3) is 5.91 Å². The van der Waals surface area contributed by atoms with Crippen molar-refractivity contribution in [3.63, 3.8) is 0 Å². The minimum Gasteiger partial charge on any atom is -0.379 e. The Morgan fingerprint density at radius 3 is 2.65 bits per heavy atom. The zero-order valence-corrected chi connectivity index (χ0v) is 14.5. The number of amides is 1. The summed E-state index contributed by atoms with van der Waals surface area (Å²) < 4.78 is 5.43. The maximum absolute atomic E-state index is 12.9. The van der Waals surface area contributed by atoms with E-state index in [-0.39, 0.29) is 11.9 Å². The number of morpholine rings is 1. The van der Waals surface area contributed by atoms with Gasteiger partial charge in [-0.1, -0.05) is 48.5 Å². The van der Waals surface area contributed by atoms with Crippen molar-refractivity contribution in [1.29, 1.82) is 0 Å². The van der Waals surface area contributed by atoms with Gasteiger partial charge in [-0.15, -0.1) is 0 Å². The Morgan fingerprint density at radius 1 is 1.12 bits per heavy atom. The maximum atomic E-state index is 12.9. The molecule has 2 heterocycles. The van der Waals surface area contributed by atoms with Crippen LogP contribution in [0.25, 0.3) is 10.9 Å². The molecule has 3 aromatic rings. The summed E-state index contributed by atoms with van der Waals surface area (Å²) >= 11 is 0. The van der Waals surface area contributed by atoms with Crippen LogP contribution in [0.4, 0.5) is 0 Å². The smallest absolute Gasteiger partial charge is 0.272 e. The van der Waals surface area contributed by atoms with Gasteiger partial charge in [-0.2, -0.15) is 5.10 Å². The van der Waals surface area contributed by atoms with Crippen molar-refractivity contribution in [3.05, 3.63) is 65.9 Å². The van der Waals surface area contributed by atoms with Gasteiger partial charge < -0.3 is 10.1 Å². The number of fused-ring (bicyclic) bond motifs is 1. The van der Waals surface area contributed by atoms with Crippen LogP contribution in [0, 0.1) is 0 Å². The molecule has 0 aliphatic carbocycles. The van der Waals surface area contributed by atoms with E-state index in [1.807, 2.05) is 54.6 Å². The molecule has 1 aliphatic rings. The summed E-state index contributed by atoms with van der Waals surface area (Å²) in [6.07, 6.45) is 0. The van der Waals surface area contributed by atoms with Crippen molar-refractivity contribution >= 4 is 16.8 Å². The number of nitrogens with zero attached hydrogens (tertiary/aromatic N) is 2. The van der Waals surface area contributed by atoms with E-state index < -0.39 is 0 Å². The zero-order valence-electron chi connectivity index (χ0n) is 14.5. The number of benzene rings is 2. The number of nitrogens with one attached hydrogen (secondary N) is 2. The average molecular weight is 350 g/mol. The van der Waals surface area contributed by atoms with E-state index in [0.29, 0.717) is 5.69 Å². The lowest BCUT2D eigenvalue weighted by molar-refractivity contribution is 0.0332. The van der Waals surface area contributed by atoms with Crippen LogP contribution in [0.2, 0.25) is 0 Å². The Hall–Kier alpha value is -2.70. The second-order valence-corrected chi connectivity index (χ2v) is 6.47. The number of hydrogen-bond donors (Lipinski definition) is 2. The second kappa shape index (κ2) is 7.68. The lowest BCUT2D eigenvalue weighted by atomic mass is 10.1. The zero-order chi connectivity index (χ0) is 17.8. The first-order valence-electron chi connectivity index (χ1n) is 8.90. The van der Waals surface area contributed by atoms with E-state index in [1.54, 1.807) is 0 Å². The van der Waals surface area contributed by atoms with Crippen LogP contribution >= 0.6 is 0 Å². The Labute approximate surface area is 152 Å². The molecule has 1 saturated heterocycles. The van der Waals surface area contributed by atoms with Crippen molar-refractivity contribution < 1.29 is 9.53 Å². The highest BCUT2D eigenvalue weighted by Gasteiger charge is 2.22. The predicted octanol–water partition coefficient (Wildman–Crippen LogP) is 2.37. The molecule has 4 rings (SSSR count). The molecule has 2 N–H and O–H groups in total. The molecule has 1 unspecified atom stereocenters. The Balaban J connectivity index is 1.56. The van der Waals surface area contributed by atoms with Crippen LogP contribution in [-0.2, 0) is 4.74 Å². The molecule has 1 amide bonds. The van der Waals surface area contributed by atoms with Gasteiger partial charge in [-0.3, -0.25) is 14.8 Å². The van der Waals surface area contributed by atoms with Crippen LogP contribution in [0.15, 0.2) is 54.6 Å². The lowest BCUT2D eigenvalue weighted by Crippen LogP contribution is -2.43. The molecular formula is C20H22N4O2. The van der Waals surface area contributed by atoms with Gasteiger partial charge in [0.2, 0.25) is 0 Å². The van der Waals surface area contributed by atoms with Gasteiger partial charge >= 0.3 is 0 Å². The molecule has 0 bridgehead atoms. The monoisotopic (exact) mass is 350 g/mol. The SMILES string of the molecule is O=C(NC(CN1CCOCC1)c1ccccc1)c1n[nH]c2ccccc12. The molecule has 2 aromatic carbocycles. The molecule has 0 radical (unpaired) electrons. The molecule has 1 atom stereocenters. The van der Waals surface area contributed by atoms with Crippen molar-refractivity contribution in [2.24, 2.45) is 0 Å². The molecule has 6 nitrogen and oxygen atoms in total. The summed E-state index contributed by atoms with van der Waals surface area (Å²) in [4.78, 5) is 15.2. The topological polar surface area (TPSA) is 70.2 Å².